The standard InChI is InChI=1S/C24H20ClN3O2S/c1-30-22-14-8-7-13-21(22)28-15-20(17-9-3-2-4-10-17)27-24(28)31-16-23(29)26-19-12-6-5-11-18(19)25/h2-15H,16H2,1H3,(H,26,29). The van der Waals surface area contributed by atoms with Gasteiger partial charge in [0.1, 0.15) is 5.75 Å². The molecule has 1 heterocycles. The molecular formula is C24H20ClN3O2S. The molecule has 31 heavy (non-hydrogen) atoms. The number of carbonyl (C=O) groups excluding carboxylic acids is 1. The van der Waals surface area contributed by atoms with Crippen molar-refractivity contribution in [3.8, 4) is 22.7 Å². The third kappa shape index (κ3) is 4.93. The van der Waals surface area contributed by atoms with Gasteiger partial charge in [0.15, 0.2) is 5.16 Å². The van der Waals surface area contributed by atoms with E-state index >= 15 is 0 Å². The van der Waals surface area contributed by atoms with E-state index in [0.717, 1.165) is 22.7 Å². The largest absolute Gasteiger partial charge is 0.495 e. The SMILES string of the molecule is COc1ccccc1-n1cc(-c2ccccc2)nc1SCC(=O)Nc1ccccc1Cl. The van der Waals surface area contributed by atoms with E-state index < -0.39 is 0 Å². The van der Waals surface area contributed by atoms with Crippen molar-refractivity contribution in [1.82, 2.24) is 9.55 Å². The van der Waals surface area contributed by atoms with Crippen LogP contribution in [0.25, 0.3) is 16.9 Å². The molecule has 0 radical (unpaired) electrons. The molecule has 1 aromatic heterocycles. The molecule has 3 aromatic carbocycles. The van der Waals surface area contributed by atoms with Crippen LogP contribution in [0, 0.1) is 0 Å². The Morgan fingerprint density at radius 3 is 2.52 bits per heavy atom. The van der Waals surface area contributed by atoms with E-state index in [1.165, 1.54) is 11.8 Å². The highest BCUT2D eigenvalue weighted by Gasteiger charge is 2.16. The number of aromatic nitrogens is 2. The highest BCUT2D eigenvalue weighted by molar-refractivity contribution is 7.99. The summed E-state index contributed by atoms with van der Waals surface area (Å²) in [5.41, 5.74) is 3.26. The smallest absolute Gasteiger partial charge is 0.234 e. The molecular weight excluding hydrogens is 430 g/mol. The number of halogens is 1. The highest BCUT2D eigenvalue weighted by atomic mass is 35.5. The fourth-order valence-electron chi connectivity index (χ4n) is 3.09. The topological polar surface area (TPSA) is 56.2 Å². The Morgan fingerprint density at radius 2 is 1.74 bits per heavy atom. The summed E-state index contributed by atoms with van der Waals surface area (Å²) >= 11 is 7.49. The van der Waals surface area contributed by atoms with E-state index in [0.29, 0.717) is 15.9 Å². The van der Waals surface area contributed by atoms with Crippen molar-refractivity contribution in [2.75, 3.05) is 18.2 Å². The number of benzene rings is 3. The molecule has 0 spiro atoms. The first kappa shape index (κ1) is 21.0. The van der Waals surface area contributed by atoms with E-state index in [4.69, 9.17) is 21.3 Å². The Hall–Kier alpha value is -3.22. The molecule has 0 unspecified atom stereocenters. The van der Waals surface area contributed by atoms with Gasteiger partial charge in [0.05, 0.1) is 35.0 Å². The second-order valence-electron chi connectivity index (χ2n) is 6.63. The maximum Gasteiger partial charge on any atom is 0.234 e. The van der Waals surface area contributed by atoms with Crippen LogP contribution >= 0.6 is 23.4 Å². The lowest BCUT2D eigenvalue weighted by molar-refractivity contribution is -0.113. The number of thioether (sulfide) groups is 1. The normalized spacial score (nSPS) is 10.6. The molecule has 156 valence electrons. The molecule has 0 atom stereocenters. The van der Waals surface area contributed by atoms with Crippen LogP contribution in [-0.2, 0) is 4.79 Å². The zero-order valence-electron chi connectivity index (χ0n) is 16.8. The van der Waals surface area contributed by atoms with Crippen molar-refractivity contribution >= 4 is 35.0 Å². The summed E-state index contributed by atoms with van der Waals surface area (Å²) in [6, 6.07) is 24.8. The molecule has 0 fully saturated rings. The molecule has 0 saturated heterocycles. The fourth-order valence-corrected chi connectivity index (χ4v) is 4.06. The minimum Gasteiger partial charge on any atom is -0.495 e. The second-order valence-corrected chi connectivity index (χ2v) is 7.98. The maximum atomic E-state index is 12.5. The Balaban J connectivity index is 1.62. The van der Waals surface area contributed by atoms with Gasteiger partial charge in [-0.25, -0.2) is 4.98 Å². The van der Waals surface area contributed by atoms with Crippen molar-refractivity contribution in [1.29, 1.82) is 0 Å². The van der Waals surface area contributed by atoms with Gasteiger partial charge in [0.2, 0.25) is 5.91 Å². The molecule has 0 bridgehead atoms. The van der Waals surface area contributed by atoms with Crippen LogP contribution in [-0.4, -0.2) is 28.3 Å². The summed E-state index contributed by atoms with van der Waals surface area (Å²) in [5, 5.41) is 4.04. The number of ether oxygens (including phenoxy) is 1. The Kier molecular flexibility index (Phi) is 6.60. The molecule has 5 nitrogen and oxygen atoms in total. The van der Waals surface area contributed by atoms with Gasteiger partial charge >= 0.3 is 0 Å². The van der Waals surface area contributed by atoms with E-state index in [1.54, 1.807) is 19.2 Å². The van der Waals surface area contributed by atoms with Crippen LogP contribution in [0.2, 0.25) is 5.02 Å². The van der Waals surface area contributed by atoms with Gasteiger partial charge in [0, 0.05) is 11.8 Å². The van der Waals surface area contributed by atoms with Crippen LogP contribution in [0.15, 0.2) is 90.2 Å². The molecule has 0 aliphatic rings. The monoisotopic (exact) mass is 449 g/mol. The van der Waals surface area contributed by atoms with Gasteiger partial charge in [0.25, 0.3) is 0 Å². The lowest BCUT2D eigenvalue weighted by atomic mass is 10.2. The van der Waals surface area contributed by atoms with Gasteiger partial charge in [-0.2, -0.15) is 0 Å². The Bertz CT molecular complexity index is 1190. The Labute approximate surface area is 190 Å². The quantitative estimate of drug-likeness (QED) is 0.355. The third-order valence-corrected chi connectivity index (χ3v) is 5.85. The minimum atomic E-state index is -0.158. The predicted molar refractivity (Wildman–Crippen MR) is 126 cm³/mol. The first-order valence-corrected chi connectivity index (χ1v) is 11.0. The number of rotatable bonds is 7. The maximum absolute atomic E-state index is 12.5. The molecule has 4 rings (SSSR count). The highest BCUT2D eigenvalue weighted by Crippen LogP contribution is 2.31. The molecule has 0 saturated carbocycles. The van der Waals surface area contributed by atoms with Crippen LogP contribution in [0.5, 0.6) is 5.75 Å². The van der Waals surface area contributed by atoms with Crippen molar-refractivity contribution in [2.45, 2.75) is 5.16 Å². The first-order chi connectivity index (χ1) is 15.2. The Morgan fingerprint density at radius 1 is 1.03 bits per heavy atom. The van der Waals surface area contributed by atoms with Gasteiger partial charge < -0.3 is 10.1 Å². The number of amides is 1. The van der Waals surface area contributed by atoms with E-state index in [9.17, 15) is 4.79 Å². The fraction of sp³-hybridized carbons (Fsp3) is 0.0833. The number of methoxy groups -OCH3 is 1. The number of imidazole rings is 1. The molecule has 1 N–H and O–H groups in total. The molecule has 4 aromatic rings. The lowest BCUT2D eigenvalue weighted by Crippen LogP contribution is -2.14. The average Bonchev–Trinajstić information content (AvgIpc) is 3.24. The van der Waals surface area contributed by atoms with Crippen molar-refractivity contribution in [3.63, 3.8) is 0 Å². The summed E-state index contributed by atoms with van der Waals surface area (Å²) in [6.07, 6.45) is 1.96. The van der Waals surface area contributed by atoms with E-state index in [-0.39, 0.29) is 11.7 Å². The van der Waals surface area contributed by atoms with E-state index in [2.05, 4.69) is 5.32 Å². The summed E-state index contributed by atoms with van der Waals surface area (Å²) < 4.78 is 7.49. The number of anilines is 1. The van der Waals surface area contributed by atoms with Gasteiger partial charge in [-0.3, -0.25) is 9.36 Å². The minimum absolute atomic E-state index is 0.158. The van der Waals surface area contributed by atoms with Crippen LogP contribution in [0.1, 0.15) is 0 Å². The van der Waals surface area contributed by atoms with Gasteiger partial charge in [-0.05, 0) is 24.3 Å². The molecule has 7 heteroatoms. The summed E-state index contributed by atoms with van der Waals surface area (Å²) in [4.78, 5) is 17.3. The summed E-state index contributed by atoms with van der Waals surface area (Å²) in [5.74, 6) is 0.752. The van der Waals surface area contributed by atoms with E-state index in [1.807, 2.05) is 77.5 Å². The number of para-hydroxylation sites is 3. The zero-order valence-corrected chi connectivity index (χ0v) is 18.4. The number of hydrogen-bond acceptors (Lipinski definition) is 4. The zero-order chi connectivity index (χ0) is 21.6. The number of hydrogen-bond donors (Lipinski definition) is 1. The van der Waals surface area contributed by atoms with Gasteiger partial charge in [-0.15, -0.1) is 0 Å². The van der Waals surface area contributed by atoms with Gasteiger partial charge in [-0.1, -0.05) is 78.0 Å². The number of nitrogens with one attached hydrogen (secondary N) is 1. The molecule has 0 aliphatic heterocycles. The molecule has 1 amide bonds. The van der Waals surface area contributed by atoms with Crippen molar-refractivity contribution < 1.29 is 9.53 Å². The molecule has 0 aliphatic carbocycles. The average molecular weight is 450 g/mol. The number of carbonyl (C=O) groups is 1. The van der Waals surface area contributed by atoms with Crippen molar-refractivity contribution in [2.24, 2.45) is 0 Å². The lowest BCUT2D eigenvalue weighted by Gasteiger charge is -2.11. The number of nitrogens with zero attached hydrogens (tertiary/aromatic N) is 2. The second kappa shape index (κ2) is 9.73. The predicted octanol–water partition coefficient (Wildman–Crippen LogP) is 5.93. The van der Waals surface area contributed by atoms with Crippen molar-refractivity contribution in [3.05, 3.63) is 90.1 Å². The van der Waals surface area contributed by atoms with Crippen LogP contribution < -0.4 is 10.1 Å². The first-order valence-electron chi connectivity index (χ1n) is 9.61. The van der Waals surface area contributed by atoms with Crippen LogP contribution in [0.4, 0.5) is 5.69 Å². The summed E-state index contributed by atoms with van der Waals surface area (Å²) in [6.45, 7) is 0. The third-order valence-electron chi connectivity index (χ3n) is 4.57. The van der Waals surface area contributed by atoms with Crippen LogP contribution in [0.3, 0.4) is 0 Å². The summed E-state index contributed by atoms with van der Waals surface area (Å²) in [7, 11) is 1.64.